The van der Waals surface area contributed by atoms with Gasteiger partial charge in [-0.3, -0.25) is 9.59 Å². The summed E-state index contributed by atoms with van der Waals surface area (Å²) in [6, 6.07) is 8.07. The molecular weight excluding hydrogens is 408 g/mol. The van der Waals surface area contributed by atoms with Crippen LogP contribution >= 0.6 is 0 Å². The van der Waals surface area contributed by atoms with Gasteiger partial charge in [-0.25, -0.2) is 0 Å². The van der Waals surface area contributed by atoms with Crippen LogP contribution in [0.1, 0.15) is 50.1 Å². The Labute approximate surface area is 188 Å². The number of nitrogens with zero attached hydrogens (tertiary/aromatic N) is 2. The Morgan fingerprint density at radius 2 is 2.00 bits per heavy atom. The highest BCUT2D eigenvalue weighted by Crippen LogP contribution is 2.40. The van der Waals surface area contributed by atoms with Crippen molar-refractivity contribution in [1.29, 1.82) is 0 Å². The van der Waals surface area contributed by atoms with Crippen LogP contribution in [-0.4, -0.2) is 58.9 Å². The number of fused-ring (bicyclic) bond motifs is 1. The third-order valence-electron chi connectivity index (χ3n) is 6.29. The van der Waals surface area contributed by atoms with Gasteiger partial charge in [0.25, 0.3) is 11.7 Å². The minimum atomic E-state index is -0.745. The molecule has 170 valence electrons. The number of carbonyl (C=O) groups excluding carboxylic acids is 2. The molecule has 4 rings (SSSR count). The average molecular weight is 439 g/mol. The summed E-state index contributed by atoms with van der Waals surface area (Å²) in [6.45, 7) is 9.26. The van der Waals surface area contributed by atoms with Crippen LogP contribution in [0.3, 0.4) is 0 Å². The number of amides is 1. The number of hydrogen-bond donors (Lipinski definition) is 1. The molecule has 1 aromatic heterocycles. The second-order valence-electron chi connectivity index (χ2n) is 8.34. The molecule has 0 aliphatic carbocycles. The standard InChI is InChI=1S/C25H30N2O5/c1-4-26(5-2)11-7-12-27-22(20-8-6-13-31-20)21(24(29)25(27)30)23(28)17-9-10-19-18(15-17)14-16(3)32-19/h6,8-10,13,15-16,22,28H,4-5,7,11-12,14H2,1-3H3/t16-,22-/m1/s1. The lowest BCUT2D eigenvalue weighted by Gasteiger charge is -2.25. The van der Waals surface area contributed by atoms with Crippen molar-refractivity contribution >= 4 is 17.4 Å². The third kappa shape index (κ3) is 4.05. The maximum Gasteiger partial charge on any atom is 0.295 e. The minimum absolute atomic E-state index is 0.0692. The van der Waals surface area contributed by atoms with Gasteiger partial charge < -0.3 is 24.1 Å². The van der Waals surface area contributed by atoms with E-state index in [-0.39, 0.29) is 17.4 Å². The van der Waals surface area contributed by atoms with E-state index in [1.165, 1.54) is 11.2 Å². The number of benzene rings is 1. The van der Waals surface area contributed by atoms with Gasteiger partial charge in [-0.05, 0) is 68.9 Å². The first-order chi connectivity index (χ1) is 15.4. The molecule has 0 spiro atoms. The van der Waals surface area contributed by atoms with Crippen molar-refractivity contribution in [2.24, 2.45) is 0 Å². The van der Waals surface area contributed by atoms with Crippen LogP contribution in [0.25, 0.3) is 5.76 Å². The molecule has 7 heteroatoms. The SMILES string of the molecule is CCN(CC)CCCN1C(=O)C(=O)C(=C(O)c2ccc3c(c2)C[C@@H](C)O3)[C@H]1c1ccco1. The predicted molar refractivity (Wildman–Crippen MR) is 120 cm³/mol. The molecular formula is C25H30N2O5. The molecule has 0 bridgehead atoms. The molecule has 1 N–H and O–H groups in total. The summed E-state index contributed by atoms with van der Waals surface area (Å²) in [4.78, 5) is 29.8. The van der Waals surface area contributed by atoms with Crippen LogP contribution in [0.2, 0.25) is 0 Å². The number of likely N-dealkylation sites (tertiary alicyclic amines) is 1. The number of ether oxygens (including phenoxy) is 1. The molecule has 7 nitrogen and oxygen atoms in total. The summed E-state index contributed by atoms with van der Waals surface area (Å²) >= 11 is 0. The lowest BCUT2D eigenvalue weighted by atomic mass is 9.97. The zero-order chi connectivity index (χ0) is 22.8. The molecule has 1 saturated heterocycles. The number of ketones is 1. The van der Waals surface area contributed by atoms with Crippen LogP contribution in [0.15, 0.2) is 46.6 Å². The summed E-state index contributed by atoms with van der Waals surface area (Å²) < 4.78 is 11.3. The lowest BCUT2D eigenvalue weighted by molar-refractivity contribution is -0.140. The van der Waals surface area contributed by atoms with E-state index < -0.39 is 17.7 Å². The zero-order valence-electron chi connectivity index (χ0n) is 18.8. The van der Waals surface area contributed by atoms with E-state index >= 15 is 0 Å². The number of aliphatic hydroxyl groups excluding tert-OH is 1. The Morgan fingerprint density at radius 3 is 2.69 bits per heavy atom. The fourth-order valence-corrected chi connectivity index (χ4v) is 4.58. The van der Waals surface area contributed by atoms with Crippen molar-refractivity contribution < 1.29 is 23.8 Å². The Kier molecular flexibility index (Phi) is 6.37. The molecule has 32 heavy (non-hydrogen) atoms. The Balaban J connectivity index is 1.68. The number of rotatable bonds is 8. The van der Waals surface area contributed by atoms with Crippen LogP contribution in [0, 0.1) is 0 Å². The quantitative estimate of drug-likeness (QED) is 0.384. The highest BCUT2D eigenvalue weighted by Gasteiger charge is 2.47. The Morgan fingerprint density at radius 1 is 1.22 bits per heavy atom. The topological polar surface area (TPSA) is 83.2 Å². The monoisotopic (exact) mass is 438 g/mol. The van der Waals surface area contributed by atoms with Gasteiger partial charge in [0.1, 0.15) is 29.4 Å². The van der Waals surface area contributed by atoms with E-state index in [1.54, 1.807) is 24.3 Å². The van der Waals surface area contributed by atoms with E-state index in [1.807, 2.05) is 13.0 Å². The maximum absolute atomic E-state index is 13.0. The largest absolute Gasteiger partial charge is 0.507 e. The zero-order valence-corrected chi connectivity index (χ0v) is 18.8. The second kappa shape index (κ2) is 9.20. The highest BCUT2D eigenvalue weighted by molar-refractivity contribution is 6.46. The van der Waals surface area contributed by atoms with E-state index in [2.05, 4.69) is 18.7 Å². The molecule has 0 unspecified atom stereocenters. The first kappa shape index (κ1) is 22.1. The summed E-state index contributed by atoms with van der Waals surface area (Å²) in [6.07, 6.45) is 3.04. The molecule has 2 atom stereocenters. The van der Waals surface area contributed by atoms with Crippen LogP contribution in [0.5, 0.6) is 5.75 Å². The smallest absolute Gasteiger partial charge is 0.295 e. The van der Waals surface area contributed by atoms with Gasteiger partial charge in [-0.15, -0.1) is 0 Å². The number of aliphatic hydroxyl groups is 1. The molecule has 2 aromatic rings. The van der Waals surface area contributed by atoms with Crippen molar-refractivity contribution in [3.05, 3.63) is 59.1 Å². The van der Waals surface area contributed by atoms with Gasteiger partial charge >= 0.3 is 0 Å². The molecule has 0 saturated carbocycles. The van der Waals surface area contributed by atoms with E-state index in [0.717, 1.165) is 43.8 Å². The Hall–Kier alpha value is -3.06. The average Bonchev–Trinajstić information content (AvgIpc) is 3.49. The van der Waals surface area contributed by atoms with E-state index in [9.17, 15) is 14.7 Å². The lowest BCUT2D eigenvalue weighted by Crippen LogP contribution is -2.33. The summed E-state index contributed by atoms with van der Waals surface area (Å²) in [7, 11) is 0. The molecule has 2 aliphatic rings. The van der Waals surface area contributed by atoms with Crippen molar-refractivity contribution in [3.8, 4) is 5.75 Å². The maximum atomic E-state index is 13.0. The van der Waals surface area contributed by atoms with Crippen molar-refractivity contribution in [1.82, 2.24) is 9.80 Å². The first-order valence-corrected chi connectivity index (χ1v) is 11.3. The highest BCUT2D eigenvalue weighted by atomic mass is 16.5. The van der Waals surface area contributed by atoms with Crippen LogP contribution in [-0.2, 0) is 16.0 Å². The number of furan rings is 1. The molecule has 2 aliphatic heterocycles. The number of carbonyl (C=O) groups is 2. The van der Waals surface area contributed by atoms with Gasteiger partial charge in [0, 0.05) is 18.5 Å². The summed E-state index contributed by atoms with van der Waals surface area (Å²) in [5, 5.41) is 11.2. The van der Waals surface area contributed by atoms with Crippen LogP contribution < -0.4 is 4.74 Å². The fraction of sp³-hybridized carbons (Fsp3) is 0.440. The van der Waals surface area contributed by atoms with Gasteiger partial charge in [0.2, 0.25) is 0 Å². The van der Waals surface area contributed by atoms with Crippen molar-refractivity contribution in [2.45, 2.75) is 45.8 Å². The Bertz CT molecular complexity index is 1020. The van der Waals surface area contributed by atoms with Gasteiger partial charge in [-0.2, -0.15) is 0 Å². The summed E-state index contributed by atoms with van der Waals surface area (Å²) in [5.41, 5.74) is 1.54. The molecule has 3 heterocycles. The first-order valence-electron chi connectivity index (χ1n) is 11.3. The van der Waals surface area contributed by atoms with Gasteiger partial charge in [0.05, 0.1) is 11.8 Å². The molecule has 1 aromatic carbocycles. The minimum Gasteiger partial charge on any atom is -0.507 e. The molecule has 1 amide bonds. The fourth-order valence-electron chi connectivity index (χ4n) is 4.58. The summed E-state index contributed by atoms with van der Waals surface area (Å²) in [5.74, 6) is -0.221. The number of hydrogen-bond acceptors (Lipinski definition) is 6. The number of Topliss-reactive ketones (excluding diaryl/α,β-unsaturated/α-hetero) is 1. The third-order valence-corrected chi connectivity index (χ3v) is 6.29. The predicted octanol–water partition coefficient (Wildman–Crippen LogP) is 3.76. The second-order valence-corrected chi connectivity index (χ2v) is 8.34. The van der Waals surface area contributed by atoms with Crippen molar-refractivity contribution in [3.63, 3.8) is 0 Å². The van der Waals surface area contributed by atoms with E-state index in [4.69, 9.17) is 9.15 Å². The van der Waals surface area contributed by atoms with Crippen molar-refractivity contribution in [2.75, 3.05) is 26.2 Å². The molecule has 1 fully saturated rings. The van der Waals surface area contributed by atoms with Gasteiger partial charge in [0.15, 0.2) is 0 Å². The normalized spacial score (nSPS) is 21.9. The van der Waals surface area contributed by atoms with E-state index in [0.29, 0.717) is 17.9 Å². The molecule has 0 radical (unpaired) electrons. The van der Waals surface area contributed by atoms with Crippen LogP contribution in [0.4, 0.5) is 0 Å². The van der Waals surface area contributed by atoms with Gasteiger partial charge in [-0.1, -0.05) is 13.8 Å².